The SMILES string of the molecule is COC1(c2cccs2)C(O)=CC=CC1O. The van der Waals surface area contributed by atoms with Crippen molar-refractivity contribution in [2.75, 3.05) is 7.11 Å². The molecule has 2 rings (SSSR count). The van der Waals surface area contributed by atoms with Crippen molar-refractivity contribution in [3.8, 4) is 0 Å². The van der Waals surface area contributed by atoms with Gasteiger partial charge in [-0.2, -0.15) is 0 Å². The number of aliphatic hydroxyl groups is 2. The van der Waals surface area contributed by atoms with Gasteiger partial charge in [0.2, 0.25) is 0 Å². The van der Waals surface area contributed by atoms with Crippen LogP contribution in [0.4, 0.5) is 0 Å². The maximum absolute atomic E-state index is 9.96. The summed E-state index contributed by atoms with van der Waals surface area (Å²) < 4.78 is 5.34. The first-order chi connectivity index (χ1) is 7.21. The number of hydrogen-bond acceptors (Lipinski definition) is 4. The number of hydrogen-bond donors (Lipinski definition) is 2. The molecule has 2 N–H and O–H groups in total. The minimum atomic E-state index is -1.14. The average molecular weight is 224 g/mol. The zero-order valence-electron chi connectivity index (χ0n) is 8.25. The van der Waals surface area contributed by atoms with E-state index in [1.165, 1.54) is 24.5 Å². The Morgan fingerprint density at radius 1 is 1.53 bits per heavy atom. The van der Waals surface area contributed by atoms with Crippen molar-refractivity contribution in [3.63, 3.8) is 0 Å². The molecule has 80 valence electrons. The lowest BCUT2D eigenvalue weighted by Crippen LogP contribution is -2.42. The van der Waals surface area contributed by atoms with Crippen molar-refractivity contribution in [1.82, 2.24) is 0 Å². The van der Waals surface area contributed by atoms with Crippen LogP contribution in [0.2, 0.25) is 0 Å². The zero-order chi connectivity index (χ0) is 10.9. The van der Waals surface area contributed by atoms with Crippen LogP contribution in [0.3, 0.4) is 0 Å². The Morgan fingerprint density at radius 2 is 2.33 bits per heavy atom. The smallest absolute Gasteiger partial charge is 0.187 e. The molecular weight excluding hydrogens is 212 g/mol. The first kappa shape index (κ1) is 10.4. The summed E-state index contributed by atoms with van der Waals surface area (Å²) in [6.45, 7) is 0. The molecule has 0 saturated heterocycles. The van der Waals surface area contributed by atoms with E-state index in [1.807, 2.05) is 17.5 Å². The van der Waals surface area contributed by atoms with Gasteiger partial charge < -0.3 is 14.9 Å². The van der Waals surface area contributed by atoms with E-state index in [0.29, 0.717) is 0 Å². The van der Waals surface area contributed by atoms with Crippen LogP contribution in [0.5, 0.6) is 0 Å². The highest BCUT2D eigenvalue weighted by atomic mass is 32.1. The minimum Gasteiger partial charge on any atom is -0.509 e. The monoisotopic (exact) mass is 224 g/mol. The van der Waals surface area contributed by atoms with Gasteiger partial charge in [-0.3, -0.25) is 0 Å². The molecule has 0 bridgehead atoms. The molecule has 15 heavy (non-hydrogen) atoms. The van der Waals surface area contributed by atoms with Gasteiger partial charge in [0.05, 0.1) is 0 Å². The standard InChI is InChI=1S/C11H12O3S/c1-14-11(10-6-3-7-15-10)8(12)4-2-5-9(11)13/h2-8,12-13H,1H3. The van der Waals surface area contributed by atoms with E-state index in [4.69, 9.17) is 4.74 Å². The van der Waals surface area contributed by atoms with Gasteiger partial charge in [-0.15, -0.1) is 11.3 Å². The Bertz CT molecular complexity index is 394. The Morgan fingerprint density at radius 3 is 2.87 bits per heavy atom. The van der Waals surface area contributed by atoms with Crippen LogP contribution in [-0.2, 0) is 10.3 Å². The number of ether oxygens (including phenoxy) is 1. The minimum absolute atomic E-state index is 0.0300. The van der Waals surface area contributed by atoms with Crippen LogP contribution in [0, 0.1) is 0 Å². The molecule has 0 aromatic carbocycles. The summed E-state index contributed by atoms with van der Waals surface area (Å²) in [4.78, 5) is 0.788. The van der Waals surface area contributed by atoms with E-state index in [2.05, 4.69) is 0 Å². The molecule has 0 saturated carbocycles. The summed E-state index contributed by atoms with van der Waals surface area (Å²) in [5, 5.41) is 21.7. The molecule has 0 radical (unpaired) electrons. The lowest BCUT2D eigenvalue weighted by atomic mass is 9.88. The molecule has 0 fully saturated rings. The Kier molecular flexibility index (Phi) is 2.65. The van der Waals surface area contributed by atoms with Crippen molar-refractivity contribution in [3.05, 3.63) is 46.4 Å². The van der Waals surface area contributed by atoms with E-state index < -0.39 is 11.7 Å². The molecule has 1 aliphatic carbocycles. The summed E-state index contributed by atoms with van der Waals surface area (Å²) >= 11 is 1.44. The van der Waals surface area contributed by atoms with Crippen molar-refractivity contribution >= 4 is 11.3 Å². The number of methoxy groups -OCH3 is 1. The van der Waals surface area contributed by atoms with Gasteiger partial charge in [-0.1, -0.05) is 18.2 Å². The predicted molar refractivity (Wildman–Crippen MR) is 58.9 cm³/mol. The molecule has 1 aliphatic rings. The number of aliphatic hydroxyl groups excluding tert-OH is 2. The third-order valence-corrected chi connectivity index (χ3v) is 3.54. The molecule has 0 amide bonds. The Hall–Kier alpha value is -1.10. The van der Waals surface area contributed by atoms with Crippen molar-refractivity contribution in [2.45, 2.75) is 11.7 Å². The van der Waals surface area contributed by atoms with Crippen LogP contribution in [0.1, 0.15) is 4.88 Å². The highest BCUT2D eigenvalue weighted by Crippen LogP contribution is 2.40. The molecule has 0 spiro atoms. The second-order valence-corrected chi connectivity index (χ2v) is 4.25. The molecular formula is C11H12O3S. The van der Waals surface area contributed by atoms with Crippen LogP contribution in [0.15, 0.2) is 41.5 Å². The summed E-state index contributed by atoms with van der Waals surface area (Å²) in [5.41, 5.74) is -1.14. The molecule has 1 heterocycles. The first-order valence-electron chi connectivity index (χ1n) is 4.57. The maximum Gasteiger partial charge on any atom is 0.187 e. The molecule has 1 aromatic rings. The van der Waals surface area contributed by atoms with E-state index in [0.717, 1.165) is 4.88 Å². The Balaban J connectivity index is 2.53. The van der Waals surface area contributed by atoms with Crippen LogP contribution in [-0.4, -0.2) is 23.4 Å². The van der Waals surface area contributed by atoms with Gasteiger partial charge in [0.15, 0.2) is 5.60 Å². The van der Waals surface area contributed by atoms with Crippen molar-refractivity contribution in [2.24, 2.45) is 0 Å². The van der Waals surface area contributed by atoms with Gasteiger partial charge in [0.1, 0.15) is 11.9 Å². The predicted octanol–water partition coefficient (Wildman–Crippen LogP) is 1.96. The van der Waals surface area contributed by atoms with Gasteiger partial charge >= 0.3 is 0 Å². The molecule has 2 atom stereocenters. The van der Waals surface area contributed by atoms with Crippen LogP contribution < -0.4 is 0 Å². The van der Waals surface area contributed by atoms with Crippen LogP contribution in [0.25, 0.3) is 0 Å². The molecule has 1 aromatic heterocycles. The second-order valence-electron chi connectivity index (χ2n) is 3.30. The largest absolute Gasteiger partial charge is 0.509 e. The molecule has 2 unspecified atom stereocenters. The highest BCUT2D eigenvalue weighted by molar-refractivity contribution is 7.10. The number of rotatable bonds is 2. The third-order valence-electron chi connectivity index (χ3n) is 2.55. The molecule has 0 aliphatic heterocycles. The van der Waals surface area contributed by atoms with Gasteiger partial charge in [0, 0.05) is 12.0 Å². The normalized spacial score (nSPS) is 30.3. The summed E-state index contributed by atoms with van der Waals surface area (Å²) in [6, 6.07) is 3.69. The lowest BCUT2D eigenvalue weighted by Gasteiger charge is -2.35. The second kappa shape index (κ2) is 3.81. The van der Waals surface area contributed by atoms with Gasteiger partial charge in [-0.25, -0.2) is 0 Å². The third kappa shape index (κ3) is 1.42. The molecule has 4 heteroatoms. The van der Waals surface area contributed by atoms with Gasteiger partial charge in [0.25, 0.3) is 0 Å². The van der Waals surface area contributed by atoms with E-state index in [9.17, 15) is 10.2 Å². The lowest BCUT2D eigenvalue weighted by molar-refractivity contribution is -0.0843. The maximum atomic E-state index is 9.96. The topological polar surface area (TPSA) is 49.7 Å². The van der Waals surface area contributed by atoms with E-state index >= 15 is 0 Å². The Labute approximate surface area is 91.9 Å². The summed E-state index contributed by atoms with van der Waals surface area (Å²) in [5.74, 6) is 0.0300. The molecule has 3 nitrogen and oxygen atoms in total. The van der Waals surface area contributed by atoms with E-state index in [1.54, 1.807) is 12.2 Å². The summed E-state index contributed by atoms with van der Waals surface area (Å²) in [6.07, 6.45) is 3.88. The fourth-order valence-corrected chi connectivity index (χ4v) is 2.70. The number of thiophene rings is 1. The fraction of sp³-hybridized carbons (Fsp3) is 0.273. The highest BCUT2D eigenvalue weighted by Gasteiger charge is 2.45. The fourth-order valence-electron chi connectivity index (χ4n) is 1.75. The quantitative estimate of drug-likeness (QED) is 0.807. The zero-order valence-corrected chi connectivity index (χ0v) is 9.07. The number of allylic oxidation sites excluding steroid dienone is 2. The van der Waals surface area contributed by atoms with Crippen molar-refractivity contribution < 1.29 is 14.9 Å². The van der Waals surface area contributed by atoms with Crippen molar-refractivity contribution in [1.29, 1.82) is 0 Å². The first-order valence-corrected chi connectivity index (χ1v) is 5.45. The average Bonchev–Trinajstić information content (AvgIpc) is 2.73. The van der Waals surface area contributed by atoms with Crippen LogP contribution >= 0.6 is 11.3 Å². The summed E-state index contributed by atoms with van der Waals surface area (Å²) in [7, 11) is 1.48. The van der Waals surface area contributed by atoms with Gasteiger partial charge in [-0.05, 0) is 17.5 Å². The van der Waals surface area contributed by atoms with E-state index in [-0.39, 0.29) is 5.76 Å².